The molecule has 3 aromatic heterocycles. The molecule has 0 unspecified atom stereocenters. The number of thiophene rings is 1. The van der Waals surface area contributed by atoms with Gasteiger partial charge in [-0.15, -0.1) is 11.3 Å². The van der Waals surface area contributed by atoms with Crippen LogP contribution in [-0.4, -0.2) is 4.98 Å². The first-order valence-electron chi connectivity index (χ1n) is 15.5. The minimum Gasteiger partial charge on any atom is -0.456 e. The molecule has 0 saturated carbocycles. The largest absolute Gasteiger partial charge is 0.456 e. The minimum absolute atomic E-state index is 0.853. The predicted octanol–water partition coefficient (Wildman–Crippen LogP) is 12.7. The van der Waals surface area contributed by atoms with Crippen molar-refractivity contribution in [1.29, 1.82) is 0 Å². The summed E-state index contributed by atoms with van der Waals surface area (Å²) in [5, 5.41) is 8.25. The molecule has 46 heavy (non-hydrogen) atoms. The van der Waals surface area contributed by atoms with Gasteiger partial charge in [0.2, 0.25) is 0 Å². The van der Waals surface area contributed by atoms with Gasteiger partial charge in [-0.3, -0.25) is 0 Å². The summed E-state index contributed by atoms with van der Waals surface area (Å²) in [6, 6.07) is 54.2. The van der Waals surface area contributed by atoms with E-state index >= 15 is 0 Å². The summed E-state index contributed by atoms with van der Waals surface area (Å²) in [6.45, 7) is 0. The molecule has 0 bridgehead atoms. The lowest BCUT2D eigenvalue weighted by Crippen LogP contribution is -1.91. The highest BCUT2D eigenvalue weighted by Gasteiger charge is 2.18. The Morgan fingerprint density at radius 3 is 2.11 bits per heavy atom. The molecule has 0 aliphatic heterocycles. The molecule has 0 N–H and O–H groups in total. The van der Waals surface area contributed by atoms with Crippen molar-refractivity contribution in [3.05, 3.63) is 152 Å². The number of fused-ring (bicyclic) bond motifs is 9. The maximum absolute atomic E-state index is 6.46. The number of aromatic nitrogens is 1. The van der Waals surface area contributed by atoms with Gasteiger partial charge >= 0.3 is 0 Å². The monoisotopic (exact) mass is 603 g/mol. The summed E-state index contributed by atoms with van der Waals surface area (Å²) in [5.41, 5.74) is 9.49. The number of rotatable bonds is 3. The van der Waals surface area contributed by atoms with Gasteiger partial charge in [0.1, 0.15) is 11.2 Å². The molecule has 10 aromatic rings. The van der Waals surface area contributed by atoms with Crippen molar-refractivity contribution >= 4 is 75.1 Å². The number of hydrogen-bond acceptors (Lipinski definition) is 3. The molecule has 0 aliphatic carbocycles. The normalized spacial score (nSPS) is 11.9. The van der Waals surface area contributed by atoms with Crippen LogP contribution in [0.1, 0.15) is 0 Å². The van der Waals surface area contributed by atoms with Crippen molar-refractivity contribution in [2.24, 2.45) is 0 Å². The molecule has 0 atom stereocenters. The van der Waals surface area contributed by atoms with E-state index < -0.39 is 0 Å². The van der Waals surface area contributed by atoms with E-state index in [9.17, 15) is 0 Å². The third kappa shape index (κ3) is 3.86. The van der Waals surface area contributed by atoms with Gasteiger partial charge in [0, 0.05) is 36.5 Å². The van der Waals surface area contributed by atoms with Gasteiger partial charge in [0.05, 0.1) is 16.6 Å². The van der Waals surface area contributed by atoms with E-state index in [1.54, 1.807) is 0 Å². The first-order chi connectivity index (χ1) is 22.8. The van der Waals surface area contributed by atoms with Crippen molar-refractivity contribution in [3.63, 3.8) is 0 Å². The number of benzene rings is 7. The van der Waals surface area contributed by atoms with Crippen molar-refractivity contribution in [1.82, 2.24) is 4.98 Å². The fourth-order valence-corrected chi connectivity index (χ4v) is 8.30. The lowest BCUT2D eigenvalue weighted by molar-refractivity contribution is 0.669. The zero-order valence-corrected chi connectivity index (χ0v) is 25.5. The number of pyridine rings is 1. The zero-order chi connectivity index (χ0) is 30.2. The molecule has 0 radical (unpaired) electrons. The van der Waals surface area contributed by atoms with Gasteiger partial charge in [-0.05, 0) is 75.5 Å². The van der Waals surface area contributed by atoms with Crippen LogP contribution in [0.5, 0.6) is 0 Å². The molecule has 0 saturated heterocycles. The Morgan fingerprint density at radius 2 is 1.20 bits per heavy atom. The molecule has 214 valence electrons. The number of hydrogen-bond donors (Lipinski definition) is 0. The quantitative estimate of drug-likeness (QED) is 0.201. The Hall–Kier alpha value is -5.77. The highest BCUT2D eigenvalue weighted by atomic mass is 32.1. The molecule has 0 aliphatic rings. The van der Waals surface area contributed by atoms with E-state index in [0.717, 1.165) is 49.7 Å². The van der Waals surface area contributed by atoms with Gasteiger partial charge < -0.3 is 4.42 Å². The van der Waals surface area contributed by atoms with Crippen molar-refractivity contribution < 1.29 is 4.42 Å². The summed E-state index contributed by atoms with van der Waals surface area (Å²) in [5.74, 6) is 0. The van der Waals surface area contributed by atoms with Crippen LogP contribution in [-0.2, 0) is 0 Å². The average molecular weight is 604 g/mol. The van der Waals surface area contributed by atoms with Gasteiger partial charge in [0.15, 0.2) is 0 Å². The van der Waals surface area contributed by atoms with Gasteiger partial charge in [-0.25, -0.2) is 4.98 Å². The van der Waals surface area contributed by atoms with Crippen LogP contribution >= 0.6 is 11.3 Å². The first kappa shape index (κ1) is 25.5. The second-order valence-electron chi connectivity index (χ2n) is 11.9. The lowest BCUT2D eigenvalue weighted by atomic mass is 9.95. The van der Waals surface area contributed by atoms with E-state index in [1.165, 1.54) is 47.6 Å². The molecule has 7 aromatic carbocycles. The number of furan rings is 1. The summed E-state index contributed by atoms with van der Waals surface area (Å²) in [7, 11) is 0. The van der Waals surface area contributed by atoms with Gasteiger partial charge in [0.25, 0.3) is 0 Å². The van der Waals surface area contributed by atoms with Crippen LogP contribution in [0.2, 0.25) is 0 Å². The maximum Gasteiger partial charge on any atom is 0.137 e. The fourth-order valence-electron chi connectivity index (χ4n) is 7.06. The Bertz CT molecular complexity index is 2810. The standard InChI is InChI=1S/C43H25NOS/c1-2-10-26(11-3-1)35-25-37(30-15-8-14-29(22-30)31-17-9-18-34-32-16-6-7-19-40(32)46-43(31)34)44-42-33(35)20-21-38-41(42)36-23-27-12-4-5-13-28(27)24-39(36)45-38/h1-25H. The Labute approximate surface area is 268 Å². The SMILES string of the molecule is c1ccc(-c2cc(-c3cccc(-c4cccc5c4sc4ccccc45)c3)nc3c2ccc2oc4cc5ccccc5cc4c23)cc1. The Balaban J connectivity index is 1.24. The third-order valence-corrected chi connectivity index (χ3v) is 10.5. The van der Waals surface area contributed by atoms with Crippen LogP contribution < -0.4 is 0 Å². The molecular formula is C43H25NOS. The second kappa shape index (κ2) is 9.87. The molecule has 0 fully saturated rings. The van der Waals surface area contributed by atoms with Crippen molar-refractivity contribution in [2.45, 2.75) is 0 Å². The van der Waals surface area contributed by atoms with Crippen LogP contribution in [0, 0.1) is 0 Å². The van der Waals surface area contributed by atoms with E-state index in [1.807, 2.05) is 11.3 Å². The Kier molecular flexibility index (Phi) is 5.48. The summed E-state index contributed by atoms with van der Waals surface area (Å²) < 4.78 is 9.09. The molecular weight excluding hydrogens is 579 g/mol. The summed E-state index contributed by atoms with van der Waals surface area (Å²) in [6.07, 6.45) is 0. The van der Waals surface area contributed by atoms with Crippen LogP contribution in [0.4, 0.5) is 0 Å². The lowest BCUT2D eigenvalue weighted by Gasteiger charge is -2.12. The van der Waals surface area contributed by atoms with E-state index in [2.05, 4.69) is 152 Å². The van der Waals surface area contributed by atoms with E-state index in [4.69, 9.17) is 9.40 Å². The van der Waals surface area contributed by atoms with E-state index in [-0.39, 0.29) is 0 Å². The maximum atomic E-state index is 6.46. The zero-order valence-electron chi connectivity index (χ0n) is 24.7. The minimum atomic E-state index is 0.853. The predicted molar refractivity (Wildman–Crippen MR) is 196 cm³/mol. The van der Waals surface area contributed by atoms with Crippen molar-refractivity contribution in [2.75, 3.05) is 0 Å². The molecule has 0 amide bonds. The van der Waals surface area contributed by atoms with Crippen LogP contribution in [0.25, 0.3) is 97.3 Å². The van der Waals surface area contributed by atoms with Crippen molar-refractivity contribution in [3.8, 4) is 33.5 Å². The third-order valence-electron chi connectivity index (χ3n) is 9.24. The molecule has 3 heterocycles. The number of nitrogens with zero attached hydrogens (tertiary/aromatic N) is 1. The highest BCUT2D eigenvalue weighted by Crippen LogP contribution is 2.43. The van der Waals surface area contributed by atoms with Gasteiger partial charge in [-0.1, -0.05) is 109 Å². The molecule has 0 spiro atoms. The molecule has 2 nitrogen and oxygen atoms in total. The molecule has 3 heteroatoms. The van der Waals surface area contributed by atoms with E-state index in [0.29, 0.717) is 0 Å². The van der Waals surface area contributed by atoms with Crippen LogP contribution in [0.3, 0.4) is 0 Å². The van der Waals surface area contributed by atoms with Gasteiger partial charge in [-0.2, -0.15) is 0 Å². The second-order valence-corrected chi connectivity index (χ2v) is 13.0. The Morgan fingerprint density at radius 1 is 0.457 bits per heavy atom. The first-order valence-corrected chi connectivity index (χ1v) is 16.4. The highest BCUT2D eigenvalue weighted by molar-refractivity contribution is 7.26. The smallest absolute Gasteiger partial charge is 0.137 e. The molecule has 10 rings (SSSR count). The average Bonchev–Trinajstić information content (AvgIpc) is 3.68. The summed E-state index contributed by atoms with van der Waals surface area (Å²) >= 11 is 1.86. The topological polar surface area (TPSA) is 26.0 Å². The fraction of sp³-hybridized carbons (Fsp3) is 0. The van der Waals surface area contributed by atoms with Crippen LogP contribution in [0.15, 0.2) is 156 Å². The summed E-state index contributed by atoms with van der Waals surface area (Å²) in [4.78, 5) is 5.44.